The van der Waals surface area contributed by atoms with Crippen molar-refractivity contribution in [3.05, 3.63) is 59.2 Å². The van der Waals surface area contributed by atoms with E-state index in [1.165, 1.54) is 16.7 Å². The molecule has 0 heterocycles. The highest BCUT2D eigenvalue weighted by Gasteiger charge is 2.26. The summed E-state index contributed by atoms with van der Waals surface area (Å²) >= 11 is 0. The van der Waals surface area contributed by atoms with Crippen molar-refractivity contribution in [2.24, 2.45) is 5.92 Å². The average Bonchev–Trinajstić information content (AvgIpc) is 2.74. The molecule has 0 amide bonds. The fourth-order valence-corrected chi connectivity index (χ4v) is 3.79. The summed E-state index contributed by atoms with van der Waals surface area (Å²) in [4.78, 5) is 0. The van der Waals surface area contributed by atoms with E-state index >= 15 is 0 Å². The van der Waals surface area contributed by atoms with Crippen molar-refractivity contribution in [1.29, 1.82) is 0 Å². The molecule has 0 aromatic heterocycles. The molecule has 3 heteroatoms. The molecule has 3 nitrogen and oxygen atoms in total. The SMILES string of the molecule is CCC(C)c1ccc(OC(OCCOc2c(C(C)(C)C)cccc2C(C)(C)C)C(C)C)cc1. The van der Waals surface area contributed by atoms with Gasteiger partial charge in [-0.05, 0) is 52.0 Å². The monoisotopic (exact) mass is 454 g/mol. The Kier molecular flexibility index (Phi) is 9.43. The maximum Gasteiger partial charge on any atom is 0.202 e. The minimum Gasteiger partial charge on any atom is -0.491 e. The zero-order chi connectivity index (χ0) is 24.8. The predicted octanol–water partition coefficient (Wildman–Crippen LogP) is 8.25. The molecule has 0 N–H and O–H groups in total. The maximum absolute atomic E-state index is 6.38. The van der Waals surface area contributed by atoms with E-state index in [9.17, 15) is 0 Å². The van der Waals surface area contributed by atoms with Crippen LogP contribution in [0.15, 0.2) is 42.5 Å². The summed E-state index contributed by atoms with van der Waals surface area (Å²) in [7, 11) is 0. The third-order valence-corrected chi connectivity index (χ3v) is 6.10. The topological polar surface area (TPSA) is 27.7 Å². The fraction of sp³-hybridized carbons (Fsp3) is 0.600. The Hall–Kier alpha value is -2.00. The number of hydrogen-bond acceptors (Lipinski definition) is 3. The van der Waals surface area contributed by atoms with Crippen LogP contribution in [-0.2, 0) is 15.6 Å². The average molecular weight is 455 g/mol. The van der Waals surface area contributed by atoms with Gasteiger partial charge in [-0.3, -0.25) is 0 Å². The summed E-state index contributed by atoms with van der Waals surface area (Å²) in [5, 5.41) is 0. The number of ether oxygens (including phenoxy) is 3. The Bertz CT molecular complexity index is 821. The first-order valence-electron chi connectivity index (χ1n) is 12.5. The van der Waals surface area contributed by atoms with Gasteiger partial charge in [0, 0.05) is 5.92 Å². The second kappa shape index (κ2) is 11.4. The minimum absolute atomic E-state index is 0.00245. The second-order valence-electron chi connectivity index (χ2n) is 11.5. The summed E-state index contributed by atoms with van der Waals surface area (Å²) in [5.74, 6) is 2.62. The zero-order valence-electron chi connectivity index (χ0n) is 22.6. The van der Waals surface area contributed by atoms with Crippen LogP contribution in [-0.4, -0.2) is 19.5 Å². The standard InChI is InChI=1S/C30H46O3/c1-11-22(4)23-15-17-24(18-16-23)33-28(21(2)3)32-20-19-31-27-25(29(5,6)7)13-12-14-26(27)30(8,9)10/h12-18,21-22,28H,11,19-20H2,1-10H3. The van der Waals surface area contributed by atoms with Gasteiger partial charge in [0.2, 0.25) is 6.29 Å². The van der Waals surface area contributed by atoms with Gasteiger partial charge in [0.15, 0.2) is 0 Å². The third-order valence-electron chi connectivity index (χ3n) is 6.10. The van der Waals surface area contributed by atoms with E-state index in [4.69, 9.17) is 14.2 Å². The molecule has 0 fully saturated rings. The molecule has 2 aromatic carbocycles. The number of benzene rings is 2. The van der Waals surface area contributed by atoms with E-state index in [1.54, 1.807) is 0 Å². The second-order valence-corrected chi connectivity index (χ2v) is 11.5. The van der Waals surface area contributed by atoms with Crippen LogP contribution in [0.3, 0.4) is 0 Å². The highest BCUT2D eigenvalue weighted by Crippen LogP contribution is 2.39. The lowest BCUT2D eigenvalue weighted by atomic mass is 9.79. The third kappa shape index (κ3) is 7.78. The van der Waals surface area contributed by atoms with Crippen LogP contribution >= 0.6 is 0 Å². The molecule has 2 atom stereocenters. The van der Waals surface area contributed by atoms with Gasteiger partial charge in [0.25, 0.3) is 0 Å². The largest absolute Gasteiger partial charge is 0.491 e. The van der Waals surface area contributed by atoms with Gasteiger partial charge < -0.3 is 14.2 Å². The highest BCUT2D eigenvalue weighted by molar-refractivity contribution is 5.48. The van der Waals surface area contributed by atoms with Crippen LogP contribution in [0.5, 0.6) is 11.5 Å². The Morgan fingerprint density at radius 2 is 1.30 bits per heavy atom. The molecule has 0 aliphatic carbocycles. The van der Waals surface area contributed by atoms with E-state index < -0.39 is 0 Å². The van der Waals surface area contributed by atoms with Crippen molar-refractivity contribution in [2.75, 3.05) is 13.2 Å². The van der Waals surface area contributed by atoms with Gasteiger partial charge in [-0.1, -0.05) is 99.6 Å². The quantitative estimate of drug-likeness (QED) is 0.267. The molecule has 184 valence electrons. The molecule has 2 aromatic rings. The van der Waals surface area contributed by atoms with E-state index in [0.29, 0.717) is 19.1 Å². The zero-order valence-corrected chi connectivity index (χ0v) is 22.6. The molecule has 0 radical (unpaired) electrons. The lowest BCUT2D eigenvalue weighted by Gasteiger charge is -2.30. The van der Waals surface area contributed by atoms with Gasteiger partial charge >= 0.3 is 0 Å². The van der Waals surface area contributed by atoms with E-state index in [-0.39, 0.29) is 23.0 Å². The van der Waals surface area contributed by atoms with E-state index in [0.717, 1.165) is 17.9 Å². The Morgan fingerprint density at radius 3 is 1.76 bits per heavy atom. The van der Waals surface area contributed by atoms with Crippen LogP contribution in [0.25, 0.3) is 0 Å². The summed E-state index contributed by atoms with van der Waals surface area (Å²) in [6.07, 6.45) is 0.815. The number of rotatable bonds is 10. The number of hydrogen-bond donors (Lipinski definition) is 0. The van der Waals surface area contributed by atoms with Crippen molar-refractivity contribution in [3.8, 4) is 11.5 Å². The lowest BCUT2D eigenvalue weighted by molar-refractivity contribution is -0.113. The van der Waals surface area contributed by atoms with E-state index in [1.807, 2.05) is 12.1 Å². The summed E-state index contributed by atoms with van der Waals surface area (Å²) < 4.78 is 18.7. The first-order valence-corrected chi connectivity index (χ1v) is 12.5. The molecule has 0 saturated heterocycles. The number of para-hydroxylation sites is 1. The normalized spacial score (nSPS) is 14.3. The molecule has 0 aliphatic rings. The molecule has 0 saturated carbocycles. The molecule has 33 heavy (non-hydrogen) atoms. The molecule has 0 aliphatic heterocycles. The van der Waals surface area contributed by atoms with Crippen molar-refractivity contribution >= 4 is 0 Å². The molecule has 2 rings (SSSR count). The smallest absolute Gasteiger partial charge is 0.202 e. The summed E-state index contributed by atoms with van der Waals surface area (Å²) in [5.41, 5.74) is 3.80. The minimum atomic E-state index is -0.317. The Morgan fingerprint density at radius 1 is 0.758 bits per heavy atom. The van der Waals surface area contributed by atoms with Crippen molar-refractivity contribution < 1.29 is 14.2 Å². The van der Waals surface area contributed by atoms with Crippen molar-refractivity contribution in [3.63, 3.8) is 0 Å². The lowest BCUT2D eigenvalue weighted by Crippen LogP contribution is -2.29. The highest BCUT2D eigenvalue weighted by atomic mass is 16.7. The molecule has 2 unspecified atom stereocenters. The van der Waals surface area contributed by atoms with Crippen LogP contribution in [0.4, 0.5) is 0 Å². The Labute approximate surface area is 202 Å². The fourth-order valence-electron chi connectivity index (χ4n) is 3.79. The first kappa shape index (κ1) is 27.2. The van der Waals surface area contributed by atoms with Crippen LogP contribution in [0.1, 0.15) is 98.3 Å². The Balaban J connectivity index is 2.05. The first-order chi connectivity index (χ1) is 15.3. The predicted molar refractivity (Wildman–Crippen MR) is 140 cm³/mol. The van der Waals surface area contributed by atoms with Gasteiger partial charge in [-0.15, -0.1) is 0 Å². The summed E-state index contributed by atoms with van der Waals surface area (Å²) in [6.45, 7) is 23.0. The van der Waals surface area contributed by atoms with Gasteiger partial charge in [-0.2, -0.15) is 0 Å². The molecule has 0 spiro atoms. The summed E-state index contributed by atoms with van der Waals surface area (Å²) in [6, 6.07) is 14.9. The van der Waals surface area contributed by atoms with Crippen LogP contribution in [0.2, 0.25) is 0 Å². The molecular formula is C30H46O3. The maximum atomic E-state index is 6.38. The molecular weight excluding hydrogens is 408 g/mol. The van der Waals surface area contributed by atoms with Gasteiger partial charge in [0.05, 0.1) is 6.61 Å². The van der Waals surface area contributed by atoms with Crippen molar-refractivity contribution in [2.45, 2.75) is 98.7 Å². The van der Waals surface area contributed by atoms with Gasteiger partial charge in [-0.25, -0.2) is 0 Å². The van der Waals surface area contributed by atoms with Crippen LogP contribution in [0, 0.1) is 5.92 Å². The van der Waals surface area contributed by atoms with Crippen molar-refractivity contribution in [1.82, 2.24) is 0 Å². The van der Waals surface area contributed by atoms with Gasteiger partial charge in [0.1, 0.15) is 18.1 Å². The van der Waals surface area contributed by atoms with Crippen LogP contribution < -0.4 is 9.47 Å². The van der Waals surface area contributed by atoms with E-state index in [2.05, 4.69) is 99.6 Å². The molecule has 0 bridgehead atoms.